The van der Waals surface area contributed by atoms with Gasteiger partial charge in [-0.1, -0.05) is 11.6 Å². The first-order valence-corrected chi connectivity index (χ1v) is 6.85. The minimum Gasteiger partial charge on any atom is -0.369 e. The summed E-state index contributed by atoms with van der Waals surface area (Å²) in [5, 5.41) is 6.53. The van der Waals surface area contributed by atoms with Crippen LogP contribution in [-0.4, -0.2) is 20.9 Å². The zero-order valence-electron chi connectivity index (χ0n) is 11.3. The Morgan fingerprint density at radius 3 is 3.00 bits per heavy atom. The normalized spacial score (nSPS) is 10.8. The minimum atomic E-state index is -0.383. The van der Waals surface area contributed by atoms with Gasteiger partial charge in [0.2, 0.25) is 0 Å². The third-order valence-corrected chi connectivity index (χ3v) is 3.23. The van der Waals surface area contributed by atoms with Crippen molar-refractivity contribution in [1.82, 2.24) is 14.4 Å². The third kappa shape index (κ3) is 2.75. The summed E-state index contributed by atoms with van der Waals surface area (Å²) in [6.45, 7) is 2.74. The highest BCUT2D eigenvalue weighted by molar-refractivity contribution is 6.33. The van der Waals surface area contributed by atoms with Crippen molar-refractivity contribution >= 4 is 34.6 Å². The number of fused-ring (bicyclic) bond motifs is 1. The Kier molecular flexibility index (Phi) is 3.62. The topological polar surface area (TPSA) is 54.2 Å². The molecule has 2 heterocycles. The first-order chi connectivity index (χ1) is 10.2. The van der Waals surface area contributed by atoms with E-state index in [0.717, 1.165) is 6.54 Å². The molecule has 7 heteroatoms. The van der Waals surface area contributed by atoms with Gasteiger partial charge in [-0.25, -0.2) is 14.4 Å². The number of benzene rings is 1. The molecule has 0 unspecified atom stereocenters. The highest BCUT2D eigenvalue weighted by Gasteiger charge is 2.10. The molecule has 3 aromatic rings. The Balaban J connectivity index is 2.04. The molecule has 21 heavy (non-hydrogen) atoms. The Morgan fingerprint density at radius 1 is 1.38 bits per heavy atom. The van der Waals surface area contributed by atoms with Crippen molar-refractivity contribution in [3.05, 3.63) is 47.6 Å². The van der Waals surface area contributed by atoms with Crippen molar-refractivity contribution in [2.75, 3.05) is 17.2 Å². The summed E-state index contributed by atoms with van der Waals surface area (Å²) < 4.78 is 15.0. The molecule has 2 aromatic heterocycles. The summed E-state index contributed by atoms with van der Waals surface area (Å²) in [7, 11) is 0. The molecule has 0 spiro atoms. The summed E-state index contributed by atoms with van der Waals surface area (Å²) in [5.74, 6) is 0.876. The van der Waals surface area contributed by atoms with Crippen LogP contribution in [0.3, 0.4) is 0 Å². The van der Waals surface area contributed by atoms with Crippen LogP contribution in [0.4, 0.5) is 21.7 Å². The maximum absolute atomic E-state index is 13.1. The number of rotatable bonds is 4. The van der Waals surface area contributed by atoms with E-state index in [-0.39, 0.29) is 10.8 Å². The van der Waals surface area contributed by atoms with E-state index < -0.39 is 0 Å². The predicted molar refractivity (Wildman–Crippen MR) is 81.8 cm³/mol. The number of hydrogen-bond acceptors (Lipinski definition) is 4. The number of hydrogen-bond donors (Lipinski definition) is 2. The molecule has 3 rings (SSSR count). The molecule has 0 atom stereocenters. The zero-order chi connectivity index (χ0) is 14.8. The second-order valence-corrected chi connectivity index (χ2v) is 4.82. The van der Waals surface area contributed by atoms with Gasteiger partial charge < -0.3 is 15.0 Å². The molecule has 0 aliphatic heterocycles. The van der Waals surface area contributed by atoms with E-state index >= 15 is 0 Å². The van der Waals surface area contributed by atoms with E-state index in [4.69, 9.17) is 11.6 Å². The molecular formula is C14H13ClFN5. The fourth-order valence-electron chi connectivity index (χ4n) is 2.00. The second-order valence-electron chi connectivity index (χ2n) is 4.41. The van der Waals surface area contributed by atoms with Gasteiger partial charge >= 0.3 is 0 Å². The quantitative estimate of drug-likeness (QED) is 0.772. The Morgan fingerprint density at radius 2 is 2.24 bits per heavy atom. The van der Waals surface area contributed by atoms with Gasteiger partial charge in [-0.15, -0.1) is 0 Å². The highest BCUT2D eigenvalue weighted by atomic mass is 35.5. The summed E-state index contributed by atoms with van der Waals surface area (Å²) in [5.41, 5.74) is 1.24. The fourth-order valence-corrected chi connectivity index (χ4v) is 2.21. The summed E-state index contributed by atoms with van der Waals surface area (Å²) in [6, 6.07) is 4.16. The van der Waals surface area contributed by atoms with Crippen LogP contribution < -0.4 is 10.6 Å². The SMILES string of the molecule is CCNc1cn2ccnc2c(Nc2ccc(F)cc2Cl)n1. The van der Waals surface area contributed by atoms with Gasteiger partial charge in [0.15, 0.2) is 11.5 Å². The van der Waals surface area contributed by atoms with Crippen LogP contribution in [0, 0.1) is 5.82 Å². The monoisotopic (exact) mass is 305 g/mol. The number of halogens is 2. The number of aromatic nitrogens is 3. The van der Waals surface area contributed by atoms with Gasteiger partial charge in [0.1, 0.15) is 11.6 Å². The molecule has 2 N–H and O–H groups in total. The zero-order valence-corrected chi connectivity index (χ0v) is 12.0. The smallest absolute Gasteiger partial charge is 0.180 e. The lowest BCUT2D eigenvalue weighted by atomic mass is 10.3. The molecule has 0 saturated carbocycles. The largest absolute Gasteiger partial charge is 0.369 e. The van der Waals surface area contributed by atoms with E-state index in [2.05, 4.69) is 20.6 Å². The molecule has 0 fully saturated rings. The van der Waals surface area contributed by atoms with E-state index in [9.17, 15) is 4.39 Å². The first-order valence-electron chi connectivity index (χ1n) is 6.47. The lowest BCUT2D eigenvalue weighted by Gasteiger charge is -2.11. The van der Waals surface area contributed by atoms with E-state index in [1.807, 2.05) is 23.7 Å². The van der Waals surface area contributed by atoms with Crippen molar-refractivity contribution in [1.29, 1.82) is 0 Å². The minimum absolute atomic E-state index is 0.287. The van der Waals surface area contributed by atoms with Gasteiger partial charge in [0.05, 0.1) is 16.9 Å². The average molecular weight is 306 g/mol. The van der Waals surface area contributed by atoms with Gasteiger partial charge in [0.25, 0.3) is 0 Å². The van der Waals surface area contributed by atoms with E-state index in [0.29, 0.717) is 23.0 Å². The molecule has 0 bridgehead atoms. The number of anilines is 3. The molecule has 0 radical (unpaired) electrons. The molecule has 5 nitrogen and oxygen atoms in total. The van der Waals surface area contributed by atoms with Crippen molar-refractivity contribution in [2.24, 2.45) is 0 Å². The lowest BCUT2D eigenvalue weighted by molar-refractivity contribution is 0.628. The summed E-state index contributed by atoms with van der Waals surface area (Å²) in [6.07, 6.45) is 5.36. The average Bonchev–Trinajstić information content (AvgIpc) is 2.91. The van der Waals surface area contributed by atoms with Crippen molar-refractivity contribution in [2.45, 2.75) is 6.92 Å². The molecular weight excluding hydrogens is 293 g/mol. The molecule has 108 valence electrons. The molecule has 0 saturated heterocycles. The van der Waals surface area contributed by atoms with Crippen molar-refractivity contribution < 1.29 is 4.39 Å². The van der Waals surface area contributed by atoms with E-state index in [1.165, 1.54) is 12.1 Å². The van der Waals surface area contributed by atoms with Crippen LogP contribution >= 0.6 is 11.6 Å². The molecule has 0 aliphatic carbocycles. The van der Waals surface area contributed by atoms with Crippen LogP contribution in [0.5, 0.6) is 0 Å². The van der Waals surface area contributed by atoms with Crippen LogP contribution in [-0.2, 0) is 0 Å². The fraction of sp³-hybridized carbons (Fsp3) is 0.143. The maximum atomic E-state index is 13.1. The third-order valence-electron chi connectivity index (χ3n) is 2.92. The van der Waals surface area contributed by atoms with Crippen LogP contribution in [0.1, 0.15) is 6.92 Å². The van der Waals surface area contributed by atoms with Crippen molar-refractivity contribution in [3.8, 4) is 0 Å². The van der Waals surface area contributed by atoms with Crippen LogP contribution in [0.15, 0.2) is 36.8 Å². The predicted octanol–water partition coefficient (Wildman–Crippen LogP) is 3.70. The lowest BCUT2D eigenvalue weighted by Crippen LogP contribution is -2.05. The Hall–Kier alpha value is -2.34. The van der Waals surface area contributed by atoms with Gasteiger partial charge in [-0.05, 0) is 25.1 Å². The molecule has 0 aliphatic rings. The van der Waals surface area contributed by atoms with Crippen LogP contribution in [0.2, 0.25) is 5.02 Å². The summed E-state index contributed by atoms with van der Waals surface area (Å²) in [4.78, 5) is 8.72. The van der Waals surface area contributed by atoms with Gasteiger partial charge in [-0.2, -0.15) is 0 Å². The highest BCUT2D eigenvalue weighted by Crippen LogP contribution is 2.27. The first kappa shape index (κ1) is 13.6. The van der Waals surface area contributed by atoms with E-state index in [1.54, 1.807) is 12.3 Å². The molecule has 1 aromatic carbocycles. The van der Waals surface area contributed by atoms with Gasteiger partial charge in [-0.3, -0.25) is 0 Å². The standard InChI is InChI=1S/C14H13ClFN5/c1-2-17-12-8-21-6-5-18-14(21)13(20-12)19-11-4-3-9(16)7-10(11)15/h3-8,17H,2H2,1H3,(H,19,20). The summed E-state index contributed by atoms with van der Waals surface area (Å²) >= 11 is 6.03. The van der Waals surface area contributed by atoms with Gasteiger partial charge in [0, 0.05) is 18.9 Å². The Bertz CT molecular complexity index is 786. The number of imidazole rings is 1. The maximum Gasteiger partial charge on any atom is 0.180 e. The molecule has 0 amide bonds. The number of nitrogens with zero attached hydrogens (tertiary/aromatic N) is 3. The van der Waals surface area contributed by atoms with Crippen molar-refractivity contribution in [3.63, 3.8) is 0 Å². The van der Waals surface area contributed by atoms with Crippen LogP contribution in [0.25, 0.3) is 5.65 Å². The number of nitrogens with one attached hydrogen (secondary N) is 2. The Labute approximate surface area is 125 Å². The second kappa shape index (κ2) is 5.57.